The van der Waals surface area contributed by atoms with Crippen molar-refractivity contribution in [1.29, 1.82) is 0 Å². The van der Waals surface area contributed by atoms with Crippen molar-refractivity contribution in [1.82, 2.24) is 5.43 Å². The third-order valence-corrected chi connectivity index (χ3v) is 4.18. The van der Waals surface area contributed by atoms with Crippen LogP contribution in [0.4, 0.5) is 0 Å². The van der Waals surface area contributed by atoms with Crippen molar-refractivity contribution in [2.24, 2.45) is 16.9 Å². The van der Waals surface area contributed by atoms with Crippen LogP contribution in [-0.4, -0.2) is 25.8 Å². The van der Waals surface area contributed by atoms with Crippen molar-refractivity contribution in [3.05, 3.63) is 23.8 Å². The fourth-order valence-corrected chi connectivity index (χ4v) is 2.85. The Morgan fingerprint density at radius 1 is 1.09 bits per heavy atom. The Balaban J connectivity index is 2.15. The number of methoxy groups -OCH3 is 2. The molecule has 0 saturated heterocycles. The molecule has 1 amide bonds. The normalized spacial score (nSPS) is 23.2. The molecule has 5 nitrogen and oxygen atoms in total. The molecule has 22 heavy (non-hydrogen) atoms. The van der Waals surface area contributed by atoms with Gasteiger partial charge in [-0.25, -0.2) is 5.43 Å². The molecule has 0 radical (unpaired) electrons. The van der Waals surface area contributed by atoms with Crippen LogP contribution in [0.15, 0.2) is 23.3 Å². The highest BCUT2D eigenvalue weighted by atomic mass is 16.5. The zero-order valence-electron chi connectivity index (χ0n) is 13.7. The summed E-state index contributed by atoms with van der Waals surface area (Å²) in [4.78, 5) is 12.3. The van der Waals surface area contributed by atoms with Gasteiger partial charge in [-0.15, -0.1) is 0 Å². The van der Waals surface area contributed by atoms with Gasteiger partial charge in [0.2, 0.25) is 0 Å². The van der Waals surface area contributed by atoms with E-state index in [9.17, 15) is 4.79 Å². The van der Waals surface area contributed by atoms with E-state index in [-0.39, 0.29) is 5.91 Å². The van der Waals surface area contributed by atoms with Crippen LogP contribution in [0.1, 0.15) is 43.5 Å². The monoisotopic (exact) mass is 304 g/mol. The van der Waals surface area contributed by atoms with Crippen LogP contribution in [-0.2, 0) is 0 Å². The molecular formula is C17H24N2O3. The molecule has 1 aliphatic rings. The summed E-state index contributed by atoms with van der Waals surface area (Å²) in [5, 5.41) is 4.37. The molecule has 1 saturated carbocycles. The van der Waals surface area contributed by atoms with Gasteiger partial charge in [-0.3, -0.25) is 4.79 Å². The third kappa shape index (κ3) is 3.78. The lowest BCUT2D eigenvalue weighted by atomic mass is 9.81. The molecule has 0 heterocycles. The molecule has 0 spiro atoms. The summed E-state index contributed by atoms with van der Waals surface area (Å²) in [6, 6.07) is 5.07. The minimum Gasteiger partial charge on any atom is -0.497 e. The highest BCUT2D eigenvalue weighted by Crippen LogP contribution is 2.26. The molecule has 1 aromatic rings. The van der Waals surface area contributed by atoms with Crippen LogP contribution in [0.3, 0.4) is 0 Å². The second-order valence-electron chi connectivity index (χ2n) is 5.81. The maximum atomic E-state index is 12.3. The van der Waals surface area contributed by atoms with E-state index >= 15 is 0 Å². The van der Waals surface area contributed by atoms with Gasteiger partial charge in [0.25, 0.3) is 5.91 Å². The molecule has 0 unspecified atom stereocenters. The minimum atomic E-state index is -0.255. The lowest BCUT2D eigenvalue weighted by Gasteiger charge is -2.26. The first-order valence-electron chi connectivity index (χ1n) is 7.66. The van der Waals surface area contributed by atoms with Crippen molar-refractivity contribution in [2.75, 3.05) is 14.2 Å². The Bertz CT molecular complexity index is 535. The predicted molar refractivity (Wildman–Crippen MR) is 86.6 cm³/mol. The molecule has 5 heteroatoms. The number of ether oxygens (including phenoxy) is 2. The van der Waals surface area contributed by atoms with Crippen LogP contribution in [0.2, 0.25) is 0 Å². The lowest BCUT2D eigenvalue weighted by Crippen LogP contribution is -2.29. The summed E-state index contributed by atoms with van der Waals surface area (Å²) in [6.07, 6.45) is 3.49. The summed E-state index contributed by atoms with van der Waals surface area (Å²) in [5.41, 5.74) is 4.22. The molecule has 1 fully saturated rings. The lowest BCUT2D eigenvalue weighted by molar-refractivity contribution is 0.0953. The van der Waals surface area contributed by atoms with Crippen LogP contribution in [0.5, 0.6) is 11.5 Å². The molecule has 1 aliphatic carbocycles. The summed E-state index contributed by atoms with van der Waals surface area (Å²) < 4.78 is 10.4. The van der Waals surface area contributed by atoms with E-state index in [4.69, 9.17) is 9.47 Å². The van der Waals surface area contributed by atoms with Crippen LogP contribution in [0, 0.1) is 11.8 Å². The van der Waals surface area contributed by atoms with E-state index in [0.717, 1.165) is 18.6 Å². The summed E-state index contributed by atoms with van der Waals surface area (Å²) >= 11 is 0. The number of amides is 1. The van der Waals surface area contributed by atoms with Gasteiger partial charge < -0.3 is 9.47 Å². The molecule has 120 valence electrons. The van der Waals surface area contributed by atoms with Gasteiger partial charge in [0, 0.05) is 17.3 Å². The van der Waals surface area contributed by atoms with Gasteiger partial charge in [0.05, 0.1) is 14.2 Å². The zero-order chi connectivity index (χ0) is 16.1. The Labute approximate surface area is 131 Å². The van der Waals surface area contributed by atoms with E-state index in [1.807, 2.05) is 0 Å². The van der Waals surface area contributed by atoms with Crippen molar-refractivity contribution in [3.63, 3.8) is 0 Å². The number of hydrogen-bond donors (Lipinski definition) is 1. The second kappa shape index (κ2) is 7.29. The smallest absolute Gasteiger partial charge is 0.271 e. The first-order chi connectivity index (χ1) is 10.5. The van der Waals surface area contributed by atoms with Crippen LogP contribution < -0.4 is 14.9 Å². The second-order valence-corrected chi connectivity index (χ2v) is 5.81. The fraction of sp³-hybridized carbons (Fsp3) is 0.529. The number of carbonyl (C=O) groups excluding carboxylic acids is 1. The third-order valence-electron chi connectivity index (χ3n) is 4.18. The number of carbonyl (C=O) groups is 1. The Hall–Kier alpha value is -2.04. The zero-order valence-corrected chi connectivity index (χ0v) is 13.7. The SMILES string of the molecule is COc1cc(OC)cc(C(=O)NN=C2[C@H](C)CCC[C@@H]2C)c1. The number of nitrogens with one attached hydrogen (secondary N) is 1. The van der Waals surface area contributed by atoms with Gasteiger partial charge in [0.15, 0.2) is 0 Å². The van der Waals surface area contributed by atoms with Gasteiger partial charge in [-0.2, -0.15) is 5.10 Å². The first kappa shape index (κ1) is 16.3. The Kier molecular flexibility index (Phi) is 5.41. The van der Waals surface area contributed by atoms with Crippen molar-refractivity contribution in [2.45, 2.75) is 33.1 Å². The molecule has 0 aromatic heterocycles. The van der Waals surface area contributed by atoms with Crippen molar-refractivity contribution < 1.29 is 14.3 Å². The number of hydrogen-bond acceptors (Lipinski definition) is 4. The molecule has 0 bridgehead atoms. The van der Waals surface area contributed by atoms with Crippen molar-refractivity contribution in [3.8, 4) is 11.5 Å². The predicted octanol–water partition coefficient (Wildman–Crippen LogP) is 3.25. The van der Waals surface area contributed by atoms with Crippen LogP contribution >= 0.6 is 0 Å². The minimum absolute atomic E-state index is 0.255. The number of hydrazone groups is 1. The largest absolute Gasteiger partial charge is 0.497 e. The van der Waals surface area contributed by atoms with E-state index in [1.54, 1.807) is 32.4 Å². The highest BCUT2D eigenvalue weighted by molar-refractivity contribution is 5.97. The van der Waals surface area contributed by atoms with Gasteiger partial charge >= 0.3 is 0 Å². The maximum Gasteiger partial charge on any atom is 0.271 e. The molecule has 0 aliphatic heterocycles. The summed E-state index contributed by atoms with van der Waals surface area (Å²) in [5.74, 6) is 1.75. The Morgan fingerprint density at radius 3 is 2.14 bits per heavy atom. The quantitative estimate of drug-likeness (QED) is 0.869. The van der Waals surface area contributed by atoms with E-state index in [1.165, 1.54) is 6.42 Å². The van der Waals surface area contributed by atoms with E-state index < -0.39 is 0 Å². The first-order valence-corrected chi connectivity index (χ1v) is 7.66. The molecule has 1 N–H and O–H groups in total. The average molecular weight is 304 g/mol. The van der Waals surface area contributed by atoms with E-state index in [2.05, 4.69) is 24.4 Å². The molecule has 1 aromatic carbocycles. The van der Waals surface area contributed by atoms with E-state index in [0.29, 0.717) is 28.9 Å². The average Bonchev–Trinajstić information content (AvgIpc) is 2.53. The fourth-order valence-electron chi connectivity index (χ4n) is 2.85. The van der Waals surface area contributed by atoms with Crippen molar-refractivity contribution >= 4 is 11.6 Å². The van der Waals surface area contributed by atoms with Crippen LogP contribution in [0.25, 0.3) is 0 Å². The number of rotatable bonds is 4. The molecule has 2 rings (SSSR count). The standard InChI is InChI=1S/C17H24N2O3/c1-11-6-5-7-12(2)16(11)18-19-17(20)13-8-14(21-3)10-15(9-13)22-4/h8-12H,5-7H2,1-4H3,(H,19,20)/t11-,12+. The highest BCUT2D eigenvalue weighted by Gasteiger charge is 2.23. The maximum absolute atomic E-state index is 12.3. The van der Waals surface area contributed by atoms with Gasteiger partial charge in [-0.1, -0.05) is 20.3 Å². The molecule has 2 atom stereocenters. The summed E-state index contributed by atoms with van der Waals surface area (Å²) in [7, 11) is 3.12. The van der Waals surface area contributed by atoms with Gasteiger partial charge in [-0.05, 0) is 36.8 Å². The Morgan fingerprint density at radius 2 is 1.64 bits per heavy atom. The number of nitrogens with zero attached hydrogens (tertiary/aromatic N) is 1. The topological polar surface area (TPSA) is 59.9 Å². The number of benzene rings is 1. The van der Waals surface area contributed by atoms with Gasteiger partial charge in [0.1, 0.15) is 11.5 Å². The molecular weight excluding hydrogens is 280 g/mol. The summed E-state index contributed by atoms with van der Waals surface area (Å²) in [6.45, 7) is 4.32.